The Kier molecular flexibility index (Phi) is 4.79. The van der Waals surface area contributed by atoms with E-state index >= 15 is 0 Å². The highest BCUT2D eigenvalue weighted by atomic mass is 16.5. The van der Waals surface area contributed by atoms with E-state index in [-0.39, 0.29) is 12.2 Å². The molecule has 0 aromatic rings. The van der Waals surface area contributed by atoms with Crippen LogP contribution >= 0.6 is 0 Å². The van der Waals surface area contributed by atoms with Gasteiger partial charge in [-0.2, -0.15) is 0 Å². The third-order valence-corrected chi connectivity index (χ3v) is 3.53. The molecule has 0 atom stereocenters. The molecule has 0 unspecified atom stereocenters. The van der Waals surface area contributed by atoms with Gasteiger partial charge >= 0.3 is 11.9 Å². The highest BCUT2D eigenvalue weighted by Gasteiger charge is 2.19. The molecule has 0 aromatic heterocycles. The van der Waals surface area contributed by atoms with Crippen molar-refractivity contribution in [3.63, 3.8) is 0 Å². The predicted molar refractivity (Wildman–Crippen MR) is 65.8 cm³/mol. The number of carbonyl (C=O) groups excluding carboxylic acids is 2. The first kappa shape index (κ1) is 13.1. The Labute approximate surface area is 107 Å². The Balaban J connectivity index is 1.68. The van der Waals surface area contributed by atoms with E-state index in [4.69, 9.17) is 9.47 Å². The van der Waals surface area contributed by atoms with Crippen LogP contribution in [0.15, 0.2) is 12.2 Å². The minimum Gasteiger partial charge on any atom is -0.459 e. The van der Waals surface area contributed by atoms with E-state index in [1.165, 1.54) is 12.2 Å². The summed E-state index contributed by atoms with van der Waals surface area (Å²) in [6.07, 6.45) is 10.6. The van der Waals surface area contributed by atoms with Crippen LogP contribution in [0, 0.1) is 0 Å². The van der Waals surface area contributed by atoms with Gasteiger partial charge in [-0.05, 0) is 51.4 Å². The minimum atomic E-state index is -0.440. The van der Waals surface area contributed by atoms with Gasteiger partial charge < -0.3 is 9.47 Å². The first-order chi connectivity index (χ1) is 8.74. The fourth-order valence-corrected chi connectivity index (χ4v) is 2.56. The third-order valence-electron chi connectivity index (χ3n) is 3.53. The van der Waals surface area contributed by atoms with Crippen LogP contribution in [0.25, 0.3) is 0 Å². The van der Waals surface area contributed by atoms with E-state index in [2.05, 4.69) is 0 Å². The molecule has 100 valence electrons. The van der Waals surface area contributed by atoms with Crippen LogP contribution in [0.3, 0.4) is 0 Å². The van der Waals surface area contributed by atoms with Crippen molar-refractivity contribution >= 4 is 11.9 Å². The molecule has 0 saturated heterocycles. The summed E-state index contributed by atoms with van der Waals surface area (Å²) in [6.45, 7) is 0. The van der Waals surface area contributed by atoms with Crippen LogP contribution in [0.5, 0.6) is 0 Å². The fourth-order valence-electron chi connectivity index (χ4n) is 2.56. The van der Waals surface area contributed by atoms with Gasteiger partial charge in [0.15, 0.2) is 0 Å². The van der Waals surface area contributed by atoms with Crippen molar-refractivity contribution in [2.75, 3.05) is 0 Å². The van der Waals surface area contributed by atoms with Crippen molar-refractivity contribution in [3.8, 4) is 0 Å². The number of carbonyl (C=O) groups is 2. The first-order valence-electron chi connectivity index (χ1n) is 6.83. The van der Waals surface area contributed by atoms with E-state index in [9.17, 15) is 9.59 Å². The summed E-state index contributed by atoms with van der Waals surface area (Å²) in [6, 6.07) is 0. The molecular weight excluding hydrogens is 232 g/mol. The van der Waals surface area contributed by atoms with Crippen molar-refractivity contribution in [2.24, 2.45) is 0 Å². The summed E-state index contributed by atoms with van der Waals surface area (Å²) < 4.78 is 10.4. The van der Waals surface area contributed by atoms with Crippen LogP contribution in [0.1, 0.15) is 51.4 Å². The molecule has 2 saturated carbocycles. The van der Waals surface area contributed by atoms with Crippen LogP contribution in [0.4, 0.5) is 0 Å². The highest BCUT2D eigenvalue weighted by molar-refractivity contribution is 5.91. The van der Waals surface area contributed by atoms with Crippen LogP contribution in [-0.2, 0) is 19.1 Å². The Morgan fingerprint density at radius 2 is 1.06 bits per heavy atom. The molecule has 0 N–H and O–H groups in total. The molecule has 0 aromatic carbocycles. The summed E-state index contributed by atoms with van der Waals surface area (Å²) >= 11 is 0. The normalized spacial score (nSPS) is 21.6. The van der Waals surface area contributed by atoms with Crippen molar-refractivity contribution < 1.29 is 19.1 Å². The van der Waals surface area contributed by atoms with Gasteiger partial charge in [0.1, 0.15) is 12.2 Å². The molecule has 4 nitrogen and oxygen atoms in total. The molecule has 0 bridgehead atoms. The van der Waals surface area contributed by atoms with Gasteiger partial charge in [-0.15, -0.1) is 0 Å². The van der Waals surface area contributed by atoms with E-state index in [1.54, 1.807) is 0 Å². The molecule has 0 spiro atoms. The van der Waals surface area contributed by atoms with Gasteiger partial charge in [-0.3, -0.25) is 0 Å². The van der Waals surface area contributed by atoms with Gasteiger partial charge in [0.25, 0.3) is 0 Å². The van der Waals surface area contributed by atoms with E-state index in [0.717, 1.165) is 51.4 Å². The quantitative estimate of drug-likeness (QED) is 0.570. The Morgan fingerprint density at radius 1 is 0.722 bits per heavy atom. The second kappa shape index (κ2) is 6.57. The lowest BCUT2D eigenvalue weighted by Crippen LogP contribution is -2.15. The number of hydrogen-bond acceptors (Lipinski definition) is 4. The average Bonchev–Trinajstić information content (AvgIpc) is 2.99. The zero-order valence-electron chi connectivity index (χ0n) is 10.6. The minimum absolute atomic E-state index is 0.0352. The topological polar surface area (TPSA) is 52.6 Å². The summed E-state index contributed by atoms with van der Waals surface area (Å²) in [7, 11) is 0. The molecule has 0 radical (unpaired) electrons. The second-order valence-corrected chi connectivity index (χ2v) is 5.02. The van der Waals surface area contributed by atoms with Gasteiger partial charge in [-0.25, -0.2) is 9.59 Å². The Morgan fingerprint density at radius 3 is 1.39 bits per heavy atom. The first-order valence-corrected chi connectivity index (χ1v) is 6.83. The molecule has 0 aliphatic heterocycles. The smallest absolute Gasteiger partial charge is 0.331 e. The summed E-state index contributed by atoms with van der Waals surface area (Å²) in [5, 5.41) is 0. The van der Waals surface area contributed by atoms with Gasteiger partial charge in [-0.1, -0.05) is 0 Å². The Bertz CT molecular complexity index is 291. The van der Waals surface area contributed by atoms with E-state index in [1.807, 2.05) is 0 Å². The largest absolute Gasteiger partial charge is 0.459 e. The molecule has 4 heteroatoms. The van der Waals surface area contributed by atoms with E-state index < -0.39 is 11.9 Å². The maximum atomic E-state index is 11.4. The lowest BCUT2D eigenvalue weighted by atomic mass is 10.3. The molecule has 2 rings (SSSR count). The molecule has 2 aliphatic carbocycles. The summed E-state index contributed by atoms with van der Waals surface area (Å²) in [4.78, 5) is 22.8. The van der Waals surface area contributed by atoms with Crippen LogP contribution in [0.2, 0.25) is 0 Å². The van der Waals surface area contributed by atoms with Gasteiger partial charge in [0.2, 0.25) is 0 Å². The summed E-state index contributed by atoms with van der Waals surface area (Å²) in [5.74, 6) is -0.879. The molecule has 2 fully saturated rings. The average molecular weight is 252 g/mol. The fraction of sp³-hybridized carbons (Fsp3) is 0.714. The van der Waals surface area contributed by atoms with Crippen molar-refractivity contribution in [1.29, 1.82) is 0 Å². The van der Waals surface area contributed by atoms with Gasteiger partial charge in [0, 0.05) is 12.2 Å². The highest BCUT2D eigenvalue weighted by Crippen LogP contribution is 2.22. The maximum Gasteiger partial charge on any atom is 0.331 e. The number of esters is 2. The van der Waals surface area contributed by atoms with Gasteiger partial charge in [0.05, 0.1) is 0 Å². The molecule has 18 heavy (non-hydrogen) atoms. The zero-order chi connectivity index (χ0) is 12.8. The van der Waals surface area contributed by atoms with Crippen LogP contribution < -0.4 is 0 Å². The molecular formula is C14H20O4. The zero-order valence-corrected chi connectivity index (χ0v) is 10.6. The number of rotatable bonds is 4. The number of hydrogen-bond donors (Lipinski definition) is 0. The Hall–Kier alpha value is -1.32. The lowest BCUT2D eigenvalue weighted by molar-refractivity contribution is -0.145. The van der Waals surface area contributed by atoms with Crippen molar-refractivity contribution in [1.82, 2.24) is 0 Å². The van der Waals surface area contributed by atoms with Crippen molar-refractivity contribution in [2.45, 2.75) is 63.6 Å². The number of ether oxygens (including phenoxy) is 2. The van der Waals surface area contributed by atoms with Crippen molar-refractivity contribution in [3.05, 3.63) is 12.2 Å². The van der Waals surface area contributed by atoms with E-state index in [0.29, 0.717) is 0 Å². The predicted octanol–water partition coefficient (Wildman–Crippen LogP) is 2.51. The molecule has 0 heterocycles. The lowest BCUT2D eigenvalue weighted by Gasteiger charge is -2.09. The molecule has 2 aliphatic rings. The summed E-state index contributed by atoms with van der Waals surface area (Å²) in [5.41, 5.74) is 0. The second-order valence-electron chi connectivity index (χ2n) is 5.02. The third kappa shape index (κ3) is 4.17. The molecule has 0 amide bonds. The van der Waals surface area contributed by atoms with Crippen LogP contribution in [-0.4, -0.2) is 24.1 Å². The SMILES string of the molecule is O=C(/C=C/C(=O)OC1CCCC1)OC1CCCC1. The monoisotopic (exact) mass is 252 g/mol. The maximum absolute atomic E-state index is 11.4. The standard InChI is InChI=1S/C14H20O4/c15-13(17-11-5-1-2-6-11)9-10-14(16)18-12-7-3-4-8-12/h9-12H,1-8H2/b10-9+.